The molecule has 128 valence electrons. The number of anilines is 1. The van der Waals surface area contributed by atoms with Crippen LogP contribution in [-0.4, -0.2) is 25.1 Å². The second kappa shape index (κ2) is 6.77. The second-order valence-electron chi connectivity index (χ2n) is 4.87. The first-order valence-electron chi connectivity index (χ1n) is 6.84. The second-order valence-corrected chi connectivity index (χ2v) is 4.87. The minimum Gasteiger partial charge on any atom is -0.497 e. The lowest BCUT2D eigenvalue weighted by Gasteiger charge is -2.16. The van der Waals surface area contributed by atoms with E-state index in [2.05, 4.69) is 10.3 Å². The average molecular weight is 340 g/mol. The number of hydrogen-bond acceptors (Lipinski definition) is 4. The average Bonchev–Trinajstić information content (AvgIpc) is 2.54. The summed E-state index contributed by atoms with van der Waals surface area (Å²) in [7, 11) is 2.80. The molecule has 0 aliphatic carbocycles. The lowest BCUT2D eigenvalue weighted by molar-refractivity contribution is -0.140. The number of methoxy groups -OCH3 is 2. The molecule has 1 heterocycles. The number of rotatable bonds is 4. The summed E-state index contributed by atoms with van der Waals surface area (Å²) in [5, 5.41) is 2.27. The molecular weight excluding hydrogens is 325 g/mol. The van der Waals surface area contributed by atoms with Crippen molar-refractivity contribution < 1.29 is 27.4 Å². The molecule has 0 aliphatic rings. The molecular formula is C16H15F3N2O3. The van der Waals surface area contributed by atoms with Crippen molar-refractivity contribution in [2.45, 2.75) is 13.1 Å². The van der Waals surface area contributed by atoms with E-state index < -0.39 is 17.8 Å². The SMILES string of the molecule is COc1ccc(C(=O)Nc2c(C)ccnc2C(F)(F)F)c(OC)c1. The zero-order valence-corrected chi connectivity index (χ0v) is 13.2. The minimum absolute atomic E-state index is 0.0784. The molecule has 0 radical (unpaired) electrons. The summed E-state index contributed by atoms with van der Waals surface area (Å²) in [5.74, 6) is -0.102. The maximum Gasteiger partial charge on any atom is 0.435 e. The van der Waals surface area contributed by atoms with Crippen molar-refractivity contribution in [2.24, 2.45) is 0 Å². The van der Waals surface area contributed by atoms with E-state index in [1.165, 1.54) is 45.4 Å². The molecule has 0 saturated heterocycles. The number of ether oxygens (including phenoxy) is 2. The molecule has 2 rings (SSSR count). The van der Waals surface area contributed by atoms with E-state index in [9.17, 15) is 18.0 Å². The van der Waals surface area contributed by atoms with Gasteiger partial charge in [-0.1, -0.05) is 0 Å². The summed E-state index contributed by atoms with van der Waals surface area (Å²) < 4.78 is 49.3. The van der Waals surface area contributed by atoms with Crippen molar-refractivity contribution >= 4 is 11.6 Å². The van der Waals surface area contributed by atoms with Gasteiger partial charge < -0.3 is 14.8 Å². The smallest absolute Gasteiger partial charge is 0.435 e. The third-order valence-corrected chi connectivity index (χ3v) is 3.32. The zero-order chi connectivity index (χ0) is 17.9. The van der Waals surface area contributed by atoms with E-state index in [0.717, 1.165) is 6.20 Å². The third-order valence-electron chi connectivity index (χ3n) is 3.32. The molecule has 2 aromatic rings. The van der Waals surface area contributed by atoms with Crippen LogP contribution in [0.15, 0.2) is 30.5 Å². The lowest BCUT2D eigenvalue weighted by Crippen LogP contribution is -2.19. The number of carbonyl (C=O) groups is 1. The normalized spacial score (nSPS) is 11.1. The first-order chi connectivity index (χ1) is 11.3. The molecule has 5 nitrogen and oxygen atoms in total. The Bertz CT molecular complexity index is 761. The Hall–Kier alpha value is -2.77. The van der Waals surface area contributed by atoms with Gasteiger partial charge in [0.15, 0.2) is 5.69 Å². The van der Waals surface area contributed by atoms with Crippen LogP contribution in [0.25, 0.3) is 0 Å². The van der Waals surface area contributed by atoms with Crippen LogP contribution in [-0.2, 0) is 6.18 Å². The van der Waals surface area contributed by atoms with Crippen LogP contribution in [0, 0.1) is 6.92 Å². The molecule has 8 heteroatoms. The zero-order valence-electron chi connectivity index (χ0n) is 13.2. The van der Waals surface area contributed by atoms with Gasteiger partial charge in [-0.2, -0.15) is 13.2 Å². The van der Waals surface area contributed by atoms with Crippen LogP contribution in [0.1, 0.15) is 21.6 Å². The van der Waals surface area contributed by atoms with E-state index in [0.29, 0.717) is 5.75 Å². The van der Waals surface area contributed by atoms with Crippen molar-refractivity contribution in [3.63, 3.8) is 0 Å². The van der Waals surface area contributed by atoms with Crippen molar-refractivity contribution in [3.05, 3.63) is 47.3 Å². The van der Waals surface area contributed by atoms with Gasteiger partial charge in [-0.3, -0.25) is 4.79 Å². The molecule has 24 heavy (non-hydrogen) atoms. The monoisotopic (exact) mass is 340 g/mol. The van der Waals surface area contributed by atoms with Crippen LogP contribution in [0.3, 0.4) is 0 Å². The molecule has 1 aromatic carbocycles. The van der Waals surface area contributed by atoms with Gasteiger partial charge in [0, 0.05) is 12.3 Å². The fourth-order valence-electron chi connectivity index (χ4n) is 2.10. The number of aryl methyl sites for hydroxylation is 1. The van der Waals surface area contributed by atoms with E-state index >= 15 is 0 Å². The highest BCUT2D eigenvalue weighted by Crippen LogP contribution is 2.35. The Kier molecular flexibility index (Phi) is 4.96. The van der Waals surface area contributed by atoms with Gasteiger partial charge in [0.05, 0.1) is 25.5 Å². The number of pyridine rings is 1. The summed E-state index contributed by atoms with van der Waals surface area (Å²) >= 11 is 0. The largest absolute Gasteiger partial charge is 0.497 e. The van der Waals surface area contributed by atoms with Gasteiger partial charge in [0.25, 0.3) is 5.91 Å². The molecule has 0 aliphatic heterocycles. The Labute approximate surface area is 136 Å². The number of alkyl halides is 3. The fraction of sp³-hybridized carbons (Fsp3) is 0.250. The number of nitrogens with one attached hydrogen (secondary N) is 1. The standard InChI is InChI=1S/C16H15F3N2O3/c1-9-6-7-20-14(16(17,18)19)13(9)21-15(22)11-5-4-10(23-2)8-12(11)24-3/h4-8H,1-3H3,(H,21,22). The summed E-state index contributed by atoms with van der Waals surface area (Å²) in [6, 6.07) is 5.77. The molecule has 0 bridgehead atoms. The number of amides is 1. The summed E-state index contributed by atoms with van der Waals surface area (Å²) in [4.78, 5) is 15.7. The first kappa shape index (κ1) is 17.6. The van der Waals surface area contributed by atoms with Gasteiger partial charge in [0.1, 0.15) is 11.5 Å². The minimum atomic E-state index is -4.68. The van der Waals surface area contributed by atoms with Crippen molar-refractivity contribution in [1.82, 2.24) is 4.98 Å². The molecule has 1 aromatic heterocycles. The quantitative estimate of drug-likeness (QED) is 0.922. The van der Waals surface area contributed by atoms with Gasteiger partial charge in [-0.25, -0.2) is 4.98 Å². The Morgan fingerprint density at radius 2 is 1.88 bits per heavy atom. The first-order valence-corrected chi connectivity index (χ1v) is 6.84. The highest BCUT2D eigenvalue weighted by molar-refractivity contribution is 6.07. The number of benzene rings is 1. The van der Waals surface area contributed by atoms with Crippen LogP contribution in [0.5, 0.6) is 11.5 Å². The molecule has 0 atom stereocenters. The Balaban J connectivity index is 2.41. The Morgan fingerprint density at radius 3 is 2.46 bits per heavy atom. The molecule has 1 N–H and O–H groups in total. The number of carbonyl (C=O) groups excluding carboxylic acids is 1. The van der Waals surface area contributed by atoms with E-state index in [1.54, 1.807) is 0 Å². The van der Waals surface area contributed by atoms with Crippen LogP contribution >= 0.6 is 0 Å². The molecule has 0 spiro atoms. The predicted molar refractivity (Wildman–Crippen MR) is 81.5 cm³/mol. The number of hydrogen-bond donors (Lipinski definition) is 1. The fourth-order valence-corrected chi connectivity index (χ4v) is 2.10. The van der Waals surface area contributed by atoms with Gasteiger partial charge in [-0.15, -0.1) is 0 Å². The van der Waals surface area contributed by atoms with Crippen LogP contribution < -0.4 is 14.8 Å². The molecule has 0 fully saturated rings. The summed E-state index contributed by atoms with van der Waals surface area (Å²) in [6.07, 6.45) is -3.64. The third kappa shape index (κ3) is 3.58. The van der Waals surface area contributed by atoms with Crippen molar-refractivity contribution in [3.8, 4) is 11.5 Å². The Morgan fingerprint density at radius 1 is 1.17 bits per heavy atom. The molecule has 0 saturated carbocycles. The number of halogens is 3. The van der Waals surface area contributed by atoms with Crippen molar-refractivity contribution in [1.29, 1.82) is 0 Å². The van der Waals surface area contributed by atoms with E-state index in [1.807, 2.05) is 0 Å². The maximum atomic E-state index is 13.1. The highest BCUT2D eigenvalue weighted by Gasteiger charge is 2.36. The highest BCUT2D eigenvalue weighted by atomic mass is 19.4. The number of nitrogens with zero attached hydrogens (tertiary/aromatic N) is 1. The van der Waals surface area contributed by atoms with Gasteiger partial charge in [0.2, 0.25) is 0 Å². The van der Waals surface area contributed by atoms with E-state index in [4.69, 9.17) is 9.47 Å². The van der Waals surface area contributed by atoms with Crippen LogP contribution in [0.2, 0.25) is 0 Å². The predicted octanol–water partition coefficient (Wildman–Crippen LogP) is 3.68. The number of aromatic nitrogens is 1. The topological polar surface area (TPSA) is 60.5 Å². The molecule has 1 amide bonds. The van der Waals surface area contributed by atoms with Crippen LogP contribution in [0.4, 0.5) is 18.9 Å². The summed E-state index contributed by atoms with van der Waals surface area (Å²) in [6.45, 7) is 1.46. The van der Waals surface area contributed by atoms with Gasteiger partial charge in [-0.05, 0) is 30.7 Å². The van der Waals surface area contributed by atoms with Crippen molar-refractivity contribution in [2.75, 3.05) is 19.5 Å². The summed E-state index contributed by atoms with van der Waals surface area (Å²) in [5.41, 5.74) is -1.20. The maximum absolute atomic E-state index is 13.1. The van der Waals surface area contributed by atoms with Gasteiger partial charge >= 0.3 is 6.18 Å². The molecule has 0 unspecified atom stereocenters. The van der Waals surface area contributed by atoms with E-state index in [-0.39, 0.29) is 22.6 Å². The lowest BCUT2D eigenvalue weighted by atomic mass is 10.1.